The van der Waals surface area contributed by atoms with Crippen LogP contribution in [0.2, 0.25) is 0 Å². The van der Waals surface area contributed by atoms with Crippen LogP contribution in [0.4, 0.5) is 0 Å². The SMILES string of the molecule is CCN1C(=O)CC(NCC(C)(C)C(N)=O)C1=O. The Morgan fingerprint density at radius 1 is 1.53 bits per heavy atom. The third-order valence-electron chi connectivity index (χ3n) is 3.02. The van der Waals surface area contributed by atoms with Gasteiger partial charge in [0.25, 0.3) is 0 Å². The molecule has 1 aliphatic rings. The van der Waals surface area contributed by atoms with Gasteiger partial charge < -0.3 is 11.1 Å². The molecular weight excluding hydrogens is 222 g/mol. The Bertz CT molecular complexity index is 352. The molecule has 6 nitrogen and oxygen atoms in total. The number of nitrogens with one attached hydrogen (secondary N) is 1. The summed E-state index contributed by atoms with van der Waals surface area (Å²) in [4.78, 5) is 35.5. The number of rotatable bonds is 5. The number of likely N-dealkylation sites (N-methyl/N-ethyl adjacent to an activating group) is 1. The summed E-state index contributed by atoms with van der Waals surface area (Å²) in [6, 6.07) is -0.527. The molecule has 1 aliphatic heterocycles. The molecule has 1 fully saturated rings. The standard InChI is InChI=1S/C11H19N3O3/c1-4-14-8(15)5-7(9(14)16)13-6-11(2,3)10(12)17/h7,13H,4-6H2,1-3H3,(H2,12,17). The van der Waals surface area contributed by atoms with Gasteiger partial charge in [-0.25, -0.2) is 0 Å². The summed E-state index contributed by atoms with van der Waals surface area (Å²) in [6.45, 7) is 5.81. The van der Waals surface area contributed by atoms with E-state index in [4.69, 9.17) is 5.73 Å². The zero-order valence-electron chi connectivity index (χ0n) is 10.4. The van der Waals surface area contributed by atoms with Crippen molar-refractivity contribution in [2.75, 3.05) is 13.1 Å². The van der Waals surface area contributed by atoms with Crippen molar-refractivity contribution >= 4 is 17.7 Å². The van der Waals surface area contributed by atoms with Crippen molar-refractivity contribution in [3.05, 3.63) is 0 Å². The van der Waals surface area contributed by atoms with E-state index in [1.807, 2.05) is 0 Å². The van der Waals surface area contributed by atoms with Crippen LogP contribution in [-0.4, -0.2) is 41.8 Å². The van der Waals surface area contributed by atoms with Gasteiger partial charge in [0.15, 0.2) is 0 Å². The van der Waals surface area contributed by atoms with Crippen molar-refractivity contribution in [2.24, 2.45) is 11.1 Å². The Balaban J connectivity index is 2.58. The third-order valence-corrected chi connectivity index (χ3v) is 3.02. The average molecular weight is 241 g/mol. The van der Waals surface area contributed by atoms with E-state index < -0.39 is 17.4 Å². The van der Waals surface area contributed by atoms with E-state index in [1.165, 1.54) is 4.90 Å². The van der Waals surface area contributed by atoms with Gasteiger partial charge in [-0.2, -0.15) is 0 Å². The minimum atomic E-state index is -0.733. The van der Waals surface area contributed by atoms with E-state index in [1.54, 1.807) is 20.8 Å². The second kappa shape index (κ2) is 4.83. The van der Waals surface area contributed by atoms with Gasteiger partial charge in [-0.1, -0.05) is 0 Å². The van der Waals surface area contributed by atoms with Crippen LogP contribution in [0, 0.1) is 5.41 Å². The molecule has 0 aliphatic carbocycles. The highest BCUT2D eigenvalue weighted by molar-refractivity contribution is 6.05. The Morgan fingerprint density at radius 3 is 2.53 bits per heavy atom. The van der Waals surface area contributed by atoms with Gasteiger partial charge in [0.1, 0.15) is 0 Å². The van der Waals surface area contributed by atoms with Crippen molar-refractivity contribution in [1.82, 2.24) is 10.2 Å². The molecule has 1 heterocycles. The van der Waals surface area contributed by atoms with Crippen LogP contribution in [0.5, 0.6) is 0 Å². The molecule has 1 unspecified atom stereocenters. The predicted molar refractivity (Wildman–Crippen MR) is 61.8 cm³/mol. The number of carbonyl (C=O) groups excluding carboxylic acids is 3. The number of carbonyl (C=O) groups is 3. The number of imide groups is 1. The summed E-state index contributed by atoms with van der Waals surface area (Å²) in [7, 11) is 0. The summed E-state index contributed by atoms with van der Waals surface area (Å²) < 4.78 is 0. The largest absolute Gasteiger partial charge is 0.369 e. The van der Waals surface area contributed by atoms with Gasteiger partial charge in [-0.15, -0.1) is 0 Å². The molecule has 17 heavy (non-hydrogen) atoms. The molecule has 0 bridgehead atoms. The number of amides is 3. The lowest BCUT2D eigenvalue weighted by molar-refractivity contribution is -0.138. The van der Waals surface area contributed by atoms with Gasteiger partial charge >= 0.3 is 0 Å². The third kappa shape index (κ3) is 2.82. The molecule has 0 saturated carbocycles. The molecule has 3 amide bonds. The van der Waals surface area contributed by atoms with Gasteiger partial charge in [-0.3, -0.25) is 19.3 Å². The van der Waals surface area contributed by atoms with Crippen LogP contribution >= 0.6 is 0 Å². The number of hydrogen-bond donors (Lipinski definition) is 2. The average Bonchev–Trinajstić information content (AvgIpc) is 2.50. The van der Waals surface area contributed by atoms with E-state index >= 15 is 0 Å². The van der Waals surface area contributed by atoms with Gasteiger partial charge in [0, 0.05) is 13.1 Å². The molecule has 0 aromatic rings. The maximum atomic E-state index is 11.8. The lowest BCUT2D eigenvalue weighted by Gasteiger charge is -2.22. The first-order valence-electron chi connectivity index (χ1n) is 5.67. The van der Waals surface area contributed by atoms with Crippen LogP contribution < -0.4 is 11.1 Å². The Morgan fingerprint density at radius 2 is 2.12 bits per heavy atom. The summed E-state index contributed by atoms with van der Waals surface area (Å²) in [6.07, 6.45) is 0.154. The monoisotopic (exact) mass is 241 g/mol. The molecular formula is C11H19N3O3. The van der Waals surface area contributed by atoms with Crippen LogP contribution in [0.1, 0.15) is 27.2 Å². The zero-order chi connectivity index (χ0) is 13.2. The fourth-order valence-electron chi connectivity index (χ4n) is 1.64. The number of likely N-dealkylation sites (tertiary alicyclic amines) is 1. The van der Waals surface area contributed by atoms with E-state index in [2.05, 4.69) is 5.32 Å². The number of hydrogen-bond acceptors (Lipinski definition) is 4. The van der Waals surface area contributed by atoms with Crippen LogP contribution in [0.15, 0.2) is 0 Å². The summed E-state index contributed by atoms with van der Waals surface area (Å²) in [5.41, 5.74) is 4.50. The maximum absolute atomic E-state index is 11.8. The molecule has 1 saturated heterocycles. The minimum Gasteiger partial charge on any atom is -0.369 e. The fourth-order valence-corrected chi connectivity index (χ4v) is 1.64. The molecule has 0 radical (unpaired) electrons. The van der Waals surface area contributed by atoms with Crippen molar-refractivity contribution in [2.45, 2.75) is 33.2 Å². The first-order chi connectivity index (χ1) is 7.79. The van der Waals surface area contributed by atoms with Crippen LogP contribution in [0.25, 0.3) is 0 Å². The van der Waals surface area contributed by atoms with Gasteiger partial charge in [0.05, 0.1) is 17.9 Å². The van der Waals surface area contributed by atoms with Crippen molar-refractivity contribution < 1.29 is 14.4 Å². The summed E-state index contributed by atoms with van der Waals surface area (Å²) >= 11 is 0. The van der Waals surface area contributed by atoms with Crippen LogP contribution in [0.3, 0.4) is 0 Å². The maximum Gasteiger partial charge on any atom is 0.246 e. The first kappa shape index (κ1) is 13.6. The molecule has 0 spiro atoms. The molecule has 96 valence electrons. The summed E-state index contributed by atoms with van der Waals surface area (Å²) in [5, 5.41) is 2.93. The van der Waals surface area contributed by atoms with E-state index in [0.29, 0.717) is 6.54 Å². The van der Waals surface area contributed by atoms with E-state index in [0.717, 1.165) is 0 Å². The van der Waals surface area contributed by atoms with Gasteiger partial charge in [0.2, 0.25) is 17.7 Å². The van der Waals surface area contributed by atoms with Crippen molar-refractivity contribution in [1.29, 1.82) is 0 Å². The number of nitrogens with two attached hydrogens (primary N) is 1. The van der Waals surface area contributed by atoms with E-state index in [-0.39, 0.29) is 24.8 Å². The molecule has 3 N–H and O–H groups in total. The molecule has 6 heteroatoms. The highest BCUT2D eigenvalue weighted by atomic mass is 16.2. The molecule has 0 aromatic heterocycles. The Labute approximate surface area is 101 Å². The zero-order valence-corrected chi connectivity index (χ0v) is 10.4. The van der Waals surface area contributed by atoms with Crippen LogP contribution in [-0.2, 0) is 14.4 Å². The summed E-state index contributed by atoms with van der Waals surface area (Å²) in [5.74, 6) is -0.834. The number of nitrogens with zero attached hydrogens (tertiary/aromatic N) is 1. The molecule has 0 aromatic carbocycles. The highest BCUT2D eigenvalue weighted by Crippen LogP contribution is 2.16. The smallest absolute Gasteiger partial charge is 0.246 e. The van der Waals surface area contributed by atoms with Gasteiger partial charge in [-0.05, 0) is 20.8 Å². The normalized spacial score (nSPS) is 21.1. The molecule has 1 rings (SSSR count). The minimum absolute atomic E-state index is 0.154. The number of primary amides is 1. The predicted octanol–water partition coefficient (Wildman–Crippen LogP) is -0.765. The lowest BCUT2D eigenvalue weighted by atomic mass is 9.92. The Kier molecular flexibility index (Phi) is 3.87. The van der Waals surface area contributed by atoms with Crippen molar-refractivity contribution in [3.63, 3.8) is 0 Å². The fraction of sp³-hybridized carbons (Fsp3) is 0.727. The second-order valence-corrected chi connectivity index (χ2v) is 4.86. The highest BCUT2D eigenvalue weighted by Gasteiger charge is 2.38. The topological polar surface area (TPSA) is 92.5 Å². The van der Waals surface area contributed by atoms with E-state index in [9.17, 15) is 14.4 Å². The van der Waals surface area contributed by atoms with Crippen molar-refractivity contribution in [3.8, 4) is 0 Å². The quantitative estimate of drug-likeness (QED) is 0.618. The first-order valence-corrected chi connectivity index (χ1v) is 5.67. The lowest BCUT2D eigenvalue weighted by Crippen LogP contribution is -2.46. The Hall–Kier alpha value is -1.43. The molecule has 1 atom stereocenters. The second-order valence-electron chi connectivity index (χ2n) is 4.86.